The highest BCUT2D eigenvalue weighted by molar-refractivity contribution is 6.78. The molecule has 0 heterocycles. The van der Waals surface area contributed by atoms with Gasteiger partial charge in [-0.2, -0.15) is 0 Å². The summed E-state index contributed by atoms with van der Waals surface area (Å²) in [5.74, 6) is -0.182. The molecule has 1 nitrogen and oxygen atoms in total. The molecule has 0 aliphatic rings. The van der Waals surface area contributed by atoms with Crippen LogP contribution in [-0.2, 0) is 0 Å². The lowest BCUT2D eigenvalue weighted by molar-refractivity contribution is -0.274. The van der Waals surface area contributed by atoms with E-state index in [1.807, 2.05) is 18.2 Å². The van der Waals surface area contributed by atoms with E-state index in [1.54, 1.807) is 12.1 Å². The molecule has 5 heteroatoms. The lowest BCUT2D eigenvalue weighted by atomic mass is 10.0. The molecule has 118 valence electrons. The lowest BCUT2D eigenvalue weighted by Crippen LogP contribution is -2.31. The van der Waals surface area contributed by atoms with E-state index in [1.165, 1.54) is 17.7 Å². The first-order chi connectivity index (χ1) is 10.2. The van der Waals surface area contributed by atoms with Crippen molar-refractivity contribution in [1.82, 2.24) is 0 Å². The van der Waals surface area contributed by atoms with Gasteiger partial charge in [0.25, 0.3) is 0 Å². The Bertz CT molecular complexity index is 601. The Morgan fingerprint density at radius 2 is 1.32 bits per heavy atom. The summed E-state index contributed by atoms with van der Waals surface area (Å²) in [6, 6.07) is 16.3. The monoisotopic (exact) mass is 324 g/mol. The van der Waals surface area contributed by atoms with Crippen molar-refractivity contribution in [3.8, 4) is 5.75 Å². The summed E-state index contributed by atoms with van der Waals surface area (Å²) in [4.78, 5) is 0. The summed E-state index contributed by atoms with van der Waals surface area (Å²) in [6.07, 6.45) is -4.65. The minimum atomic E-state index is -4.65. The molecule has 22 heavy (non-hydrogen) atoms. The second-order valence-electron chi connectivity index (χ2n) is 6.33. The highest BCUT2D eigenvalue weighted by Gasteiger charge is 2.32. The molecule has 0 amide bonds. The fourth-order valence-electron chi connectivity index (χ4n) is 2.70. The Morgan fingerprint density at radius 1 is 0.818 bits per heavy atom. The van der Waals surface area contributed by atoms with Gasteiger partial charge in [-0.25, -0.2) is 0 Å². The minimum absolute atomic E-state index is 0.182. The highest BCUT2D eigenvalue weighted by atomic mass is 28.3. The van der Waals surface area contributed by atoms with Crippen LogP contribution >= 0.6 is 0 Å². The summed E-state index contributed by atoms with van der Waals surface area (Å²) in [6.45, 7) is 6.76. The normalized spacial score (nSPS) is 13.7. The maximum absolute atomic E-state index is 12.2. The van der Waals surface area contributed by atoms with Crippen LogP contribution in [0.4, 0.5) is 13.2 Å². The first kappa shape index (κ1) is 16.6. The molecular weight excluding hydrogens is 305 g/mol. The van der Waals surface area contributed by atoms with Gasteiger partial charge in [0.05, 0.1) is 8.07 Å². The number of halogens is 3. The molecule has 0 fully saturated rings. The van der Waals surface area contributed by atoms with Crippen LogP contribution < -0.4 is 4.74 Å². The third kappa shape index (κ3) is 4.37. The van der Waals surface area contributed by atoms with E-state index in [-0.39, 0.29) is 11.3 Å². The second kappa shape index (κ2) is 6.16. The fourth-order valence-corrected chi connectivity index (χ4v) is 5.08. The molecule has 0 radical (unpaired) electrons. The molecular formula is C17H19F3OSi. The third-order valence-corrected chi connectivity index (χ3v) is 5.84. The molecule has 0 aliphatic heterocycles. The van der Waals surface area contributed by atoms with Crippen LogP contribution in [0.3, 0.4) is 0 Å². The molecule has 1 atom stereocenters. The topological polar surface area (TPSA) is 9.23 Å². The molecule has 0 saturated heterocycles. The van der Waals surface area contributed by atoms with Crippen LogP contribution in [-0.4, -0.2) is 14.4 Å². The molecule has 2 aromatic rings. The van der Waals surface area contributed by atoms with Gasteiger partial charge in [0.1, 0.15) is 5.75 Å². The van der Waals surface area contributed by atoms with Crippen molar-refractivity contribution < 1.29 is 17.9 Å². The summed E-state index contributed by atoms with van der Waals surface area (Å²) in [5, 5.41) is 0. The molecule has 2 aromatic carbocycles. The van der Waals surface area contributed by atoms with E-state index in [0.29, 0.717) is 0 Å². The Morgan fingerprint density at radius 3 is 1.77 bits per heavy atom. The fraction of sp³-hybridized carbons (Fsp3) is 0.294. The van der Waals surface area contributed by atoms with Gasteiger partial charge >= 0.3 is 6.36 Å². The zero-order valence-corrected chi connectivity index (χ0v) is 13.8. The van der Waals surface area contributed by atoms with Gasteiger partial charge in [0.2, 0.25) is 0 Å². The van der Waals surface area contributed by atoms with Gasteiger partial charge in [0, 0.05) is 5.54 Å². The first-order valence-corrected chi connectivity index (χ1v) is 10.7. The standard InChI is InChI=1S/C17H19F3OSi/c1-22(2,3)16(13-7-5-4-6-8-13)14-9-11-15(12-10-14)21-17(18,19)20/h4-12,16H,1-3H3. The van der Waals surface area contributed by atoms with Crippen LogP contribution in [0.25, 0.3) is 0 Å². The Balaban J connectivity index is 2.34. The average molecular weight is 324 g/mol. The van der Waals surface area contributed by atoms with Gasteiger partial charge in [-0.05, 0) is 23.3 Å². The van der Waals surface area contributed by atoms with Crippen molar-refractivity contribution in [1.29, 1.82) is 0 Å². The van der Waals surface area contributed by atoms with Crippen LogP contribution in [0.1, 0.15) is 16.7 Å². The second-order valence-corrected chi connectivity index (χ2v) is 11.6. The molecule has 2 rings (SSSR count). The molecule has 0 aliphatic carbocycles. The van der Waals surface area contributed by atoms with E-state index in [4.69, 9.17) is 0 Å². The summed E-state index contributed by atoms with van der Waals surface area (Å²) in [7, 11) is -1.60. The Labute approximate surface area is 129 Å². The third-order valence-electron chi connectivity index (χ3n) is 3.45. The predicted octanol–water partition coefficient (Wildman–Crippen LogP) is 5.59. The number of hydrogen-bond acceptors (Lipinski definition) is 1. The van der Waals surface area contributed by atoms with Crippen molar-refractivity contribution in [3.05, 3.63) is 65.7 Å². The number of benzene rings is 2. The molecule has 0 spiro atoms. The van der Waals surface area contributed by atoms with E-state index in [0.717, 1.165) is 5.56 Å². The van der Waals surface area contributed by atoms with Gasteiger partial charge in [-0.1, -0.05) is 62.1 Å². The number of ether oxygens (including phenoxy) is 1. The summed E-state index contributed by atoms with van der Waals surface area (Å²) < 4.78 is 40.7. The van der Waals surface area contributed by atoms with Crippen LogP contribution in [0.5, 0.6) is 5.75 Å². The molecule has 0 aromatic heterocycles. The van der Waals surface area contributed by atoms with Gasteiger partial charge in [-0.3, -0.25) is 0 Å². The number of alkyl halides is 3. The summed E-state index contributed by atoms with van der Waals surface area (Å²) >= 11 is 0. The van der Waals surface area contributed by atoms with Crippen LogP contribution in [0, 0.1) is 0 Å². The quantitative estimate of drug-likeness (QED) is 0.666. The highest BCUT2D eigenvalue weighted by Crippen LogP contribution is 2.35. The predicted molar refractivity (Wildman–Crippen MR) is 84.8 cm³/mol. The smallest absolute Gasteiger partial charge is 0.406 e. The molecule has 1 unspecified atom stereocenters. The van der Waals surface area contributed by atoms with E-state index in [2.05, 4.69) is 36.5 Å². The Hall–Kier alpha value is -1.75. The lowest BCUT2D eigenvalue weighted by Gasteiger charge is -2.30. The van der Waals surface area contributed by atoms with Crippen LogP contribution in [0.15, 0.2) is 54.6 Å². The van der Waals surface area contributed by atoms with E-state index >= 15 is 0 Å². The summed E-state index contributed by atoms with van der Waals surface area (Å²) in [5.41, 5.74) is 2.46. The molecule has 0 N–H and O–H groups in total. The molecule has 0 bridgehead atoms. The molecule has 0 saturated carbocycles. The van der Waals surface area contributed by atoms with Crippen molar-refractivity contribution in [2.75, 3.05) is 0 Å². The SMILES string of the molecule is C[Si](C)(C)C(c1ccccc1)c1ccc(OC(F)(F)F)cc1. The maximum Gasteiger partial charge on any atom is 0.573 e. The maximum atomic E-state index is 12.2. The van der Waals surface area contributed by atoms with Crippen molar-refractivity contribution in [2.45, 2.75) is 31.5 Å². The van der Waals surface area contributed by atoms with Gasteiger partial charge in [-0.15, -0.1) is 13.2 Å². The number of hydrogen-bond donors (Lipinski definition) is 0. The van der Waals surface area contributed by atoms with Gasteiger partial charge < -0.3 is 4.74 Å². The largest absolute Gasteiger partial charge is 0.573 e. The Kier molecular flexibility index (Phi) is 4.65. The van der Waals surface area contributed by atoms with Crippen molar-refractivity contribution in [3.63, 3.8) is 0 Å². The minimum Gasteiger partial charge on any atom is -0.406 e. The zero-order valence-electron chi connectivity index (χ0n) is 12.8. The zero-order chi connectivity index (χ0) is 16.4. The van der Waals surface area contributed by atoms with Crippen molar-refractivity contribution >= 4 is 8.07 Å². The van der Waals surface area contributed by atoms with E-state index in [9.17, 15) is 13.2 Å². The van der Waals surface area contributed by atoms with Crippen molar-refractivity contribution in [2.24, 2.45) is 0 Å². The number of rotatable bonds is 4. The van der Waals surface area contributed by atoms with Crippen LogP contribution in [0.2, 0.25) is 19.6 Å². The first-order valence-electron chi connectivity index (χ1n) is 7.07. The average Bonchev–Trinajstić information content (AvgIpc) is 2.39. The van der Waals surface area contributed by atoms with Gasteiger partial charge in [0.15, 0.2) is 0 Å². The van der Waals surface area contributed by atoms with E-state index < -0.39 is 14.4 Å².